The highest BCUT2D eigenvalue weighted by Crippen LogP contribution is 2.19. The highest BCUT2D eigenvalue weighted by Gasteiger charge is 2.24. The number of unbranched alkanes of at least 4 members (excludes halogenated alkanes) is 2. The van der Waals surface area contributed by atoms with E-state index in [1.807, 2.05) is 60.8 Å². The van der Waals surface area contributed by atoms with Gasteiger partial charge in [0.1, 0.15) is 12.6 Å². The normalized spacial score (nSPS) is 11.9. The number of aromatic nitrogens is 1. The van der Waals surface area contributed by atoms with E-state index in [4.69, 9.17) is 10.5 Å². The van der Waals surface area contributed by atoms with Gasteiger partial charge in [-0.2, -0.15) is 0 Å². The molecule has 0 aliphatic carbocycles. The molecule has 0 aliphatic heterocycles. The van der Waals surface area contributed by atoms with Gasteiger partial charge in [0.2, 0.25) is 5.91 Å². The molecule has 3 rings (SSSR count). The average Bonchev–Trinajstić information content (AvgIpc) is 3.18. The van der Waals surface area contributed by atoms with E-state index in [9.17, 15) is 9.59 Å². The summed E-state index contributed by atoms with van der Waals surface area (Å²) in [5.41, 5.74) is 8.38. The van der Waals surface area contributed by atoms with Crippen LogP contribution >= 0.6 is 0 Å². The molecular formula is C24H29N3O3. The number of aromatic amines is 1. The molecule has 0 bridgehead atoms. The number of hydrogen-bond donors (Lipinski definition) is 3. The predicted octanol–water partition coefficient (Wildman–Crippen LogP) is 3.46. The van der Waals surface area contributed by atoms with E-state index in [0.717, 1.165) is 41.3 Å². The van der Waals surface area contributed by atoms with Gasteiger partial charge in [-0.3, -0.25) is 4.79 Å². The summed E-state index contributed by atoms with van der Waals surface area (Å²) in [4.78, 5) is 28.5. The lowest BCUT2D eigenvalue weighted by atomic mass is 10.0. The largest absolute Gasteiger partial charge is 0.459 e. The van der Waals surface area contributed by atoms with E-state index in [-0.39, 0.29) is 12.5 Å². The number of benzene rings is 2. The lowest BCUT2D eigenvalue weighted by Gasteiger charge is -2.18. The van der Waals surface area contributed by atoms with Crippen LogP contribution in [0.1, 0.15) is 36.8 Å². The maximum absolute atomic E-state index is 12.8. The molecule has 30 heavy (non-hydrogen) atoms. The zero-order valence-electron chi connectivity index (χ0n) is 17.1. The summed E-state index contributed by atoms with van der Waals surface area (Å²) in [5.74, 6) is -0.576. The van der Waals surface area contributed by atoms with Crippen molar-refractivity contribution in [2.24, 2.45) is 5.73 Å². The minimum Gasteiger partial charge on any atom is -0.459 e. The van der Waals surface area contributed by atoms with Crippen molar-refractivity contribution in [2.75, 3.05) is 6.54 Å². The molecular weight excluding hydrogens is 378 g/mol. The molecule has 0 saturated heterocycles. The van der Waals surface area contributed by atoms with E-state index in [1.54, 1.807) is 0 Å². The molecule has 3 aromatic rings. The van der Waals surface area contributed by atoms with Gasteiger partial charge in [0.25, 0.3) is 0 Å². The van der Waals surface area contributed by atoms with Gasteiger partial charge in [0, 0.05) is 29.9 Å². The molecule has 1 unspecified atom stereocenters. The summed E-state index contributed by atoms with van der Waals surface area (Å²) < 4.78 is 5.51. The molecule has 0 aliphatic rings. The van der Waals surface area contributed by atoms with Gasteiger partial charge < -0.3 is 20.8 Å². The molecule has 4 N–H and O–H groups in total. The number of carbonyl (C=O) groups excluding carboxylic acids is 2. The Balaban J connectivity index is 1.67. The van der Waals surface area contributed by atoms with Gasteiger partial charge in [0.05, 0.1) is 0 Å². The molecule has 1 amide bonds. The Morgan fingerprint density at radius 3 is 2.57 bits per heavy atom. The zero-order chi connectivity index (χ0) is 21.2. The fraction of sp³-hybridized carbons (Fsp3) is 0.333. The van der Waals surface area contributed by atoms with Gasteiger partial charge in [-0.15, -0.1) is 0 Å². The van der Waals surface area contributed by atoms with E-state index in [2.05, 4.69) is 10.3 Å². The van der Waals surface area contributed by atoms with Crippen LogP contribution in [0.4, 0.5) is 0 Å². The molecule has 0 fully saturated rings. The van der Waals surface area contributed by atoms with Crippen LogP contribution in [0, 0.1) is 0 Å². The molecule has 158 valence electrons. The summed E-state index contributed by atoms with van der Waals surface area (Å²) in [6.45, 7) is 0.799. The minimum atomic E-state index is -0.741. The summed E-state index contributed by atoms with van der Waals surface area (Å²) in [5, 5.41) is 3.91. The Labute approximate surface area is 176 Å². The van der Waals surface area contributed by atoms with Crippen LogP contribution in [0.5, 0.6) is 0 Å². The van der Waals surface area contributed by atoms with Crippen molar-refractivity contribution in [3.63, 3.8) is 0 Å². The van der Waals surface area contributed by atoms with Crippen molar-refractivity contribution in [2.45, 2.75) is 44.8 Å². The second kappa shape index (κ2) is 11.2. The van der Waals surface area contributed by atoms with Crippen LogP contribution in [-0.4, -0.2) is 29.4 Å². The average molecular weight is 408 g/mol. The first kappa shape index (κ1) is 21.6. The van der Waals surface area contributed by atoms with Crippen molar-refractivity contribution in [1.82, 2.24) is 10.3 Å². The summed E-state index contributed by atoms with van der Waals surface area (Å²) in [7, 11) is 0. The molecule has 1 atom stereocenters. The quantitative estimate of drug-likeness (QED) is 0.335. The van der Waals surface area contributed by atoms with Gasteiger partial charge in [0.15, 0.2) is 0 Å². The lowest BCUT2D eigenvalue weighted by Crippen LogP contribution is -2.43. The van der Waals surface area contributed by atoms with Crippen LogP contribution in [0.3, 0.4) is 0 Å². The van der Waals surface area contributed by atoms with Crippen molar-refractivity contribution < 1.29 is 14.3 Å². The fourth-order valence-electron chi connectivity index (χ4n) is 3.42. The first-order valence-corrected chi connectivity index (χ1v) is 10.4. The number of rotatable bonds is 11. The Hall–Kier alpha value is -3.12. The number of hydrogen-bond acceptors (Lipinski definition) is 4. The third-order valence-electron chi connectivity index (χ3n) is 5.05. The summed E-state index contributed by atoms with van der Waals surface area (Å²) in [6.07, 6.45) is 5.17. The monoisotopic (exact) mass is 407 g/mol. The van der Waals surface area contributed by atoms with Gasteiger partial charge in [-0.1, -0.05) is 55.0 Å². The number of carbonyl (C=O) groups is 2. The van der Waals surface area contributed by atoms with Crippen LogP contribution in [0.25, 0.3) is 10.9 Å². The Morgan fingerprint density at radius 2 is 1.77 bits per heavy atom. The second-order valence-electron chi connectivity index (χ2n) is 7.38. The smallest absolute Gasteiger partial charge is 0.329 e. The van der Waals surface area contributed by atoms with Crippen molar-refractivity contribution in [1.29, 1.82) is 0 Å². The third kappa shape index (κ3) is 6.19. The zero-order valence-corrected chi connectivity index (χ0v) is 17.1. The highest BCUT2D eigenvalue weighted by molar-refractivity contribution is 5.87. The van der Waals surface area contributed by atoms with Crippen LogP contribution in [0.15, 0.2) is 60.8 Å². The number of para-hydroxylation sites is 1. The molecule has 0 spiro atoms. The first-order valence-electron chi connectivity index (χ1n) is 10.4. The number of H-pyrrole nitrogens is 1. The highest BCUT2D eigenvalue weighted by atomic mass is 16.5. The second-order valence-corrected chi connectivity index (χ2v) is 7.38. The van der Waals surface area contributed by atoms with Crippen LogP contribution in [0.2, 0.25) is 0 Å². The maximum Gasteiger partial charge on any atom is 0.329 e. The molecule has 0 saturated carbocycles. The maximum atomic E-state index is 12.8. The Kier molecular flexibility index (Phi) is 8.03. The summed E-state index contributed by atoms with van der Waals surface area (Å²) in [6, 6.07) is 16.7. The van der Waals surface area contributed by atoms with Crippen molar-refractivity contribution in [3.8, 4) is 0 Å². The number of esters is 1. The van der Waals surface area contributed by atoms with Crippen molar-refractivity contribution in [3.05, 3.63) is 71.9 Å². The molecule has 0 radical (unpaired) electrons. The molecule has 6 nitrogen and oxygen atoms in total. The van der Waals surface area contributed by atoms with E-state index >= 15 is 0 Å². The first-order chi connectivity index (χ1) is 14.7. The molecule has 6 heteroatoms. The molecule has 2 aromatic carbocycles. The fourth-order valence-corrected chi connectivity index (χ4v) is 3.42. The topological polar surface area (TPSA) is 97.2 Å². The van der Waals surface area contributed by atoms with Crippen LogP contribution < -0.4 is 11.1 Å². The number of nitrogens with one attached hydrogen (secondary N) is 2. The van der Waals surface area contributed by atoms with Crippen LogP contribution in [-0.2, 0) is 27.4 Å². The molecule has 1 aromatic heterocycles. The minimum absolute atomic E-state index is 0.145. The standard InChI is InChI=1S/C24H29N3O3/c25-14-8-2-5-13-23(28)27-22(24(29)30-17-18-9-3-1-4-10-18)15-19-16-26-21-12-7-6-11-20(19)21/h1,3-4,6-7,9-12,16,22,26H,2,5,8,13-15,17,25H2,(H,27,28). The van der Waals surface area contributed by atoms with Gasteiger partial charge >= 0.3 is 5.97 Å². The third-order valence-corrected chi connectivity index (χ3v) is 5.05. The Bertz CT molecular complexity index is 952. The Morgan fingerprint density at radius 1 is 1.00 bits per heavy atom. The SMILES string of the molecule is NCCCCCC(=O)NC(Cc1c[nH]c2ccccc12)C(=O)OCc1ccccc1. The van der Waals surface area contributed by atoms with Gasteiger partial charge in [-0.25, -0.2) is 4.79 Å². The summed E-state index contributed by atoms with van der Waals surface area (Å²) >= 11 is 0. The number of fused-ring (bicyclic) bond motifs is 1. The van der Waals surface area contributed by atoms with E-state index in [1.165, 1.54) is 0 Å². The predicted molar refractivity (Wildman–Crippen MR) is 118 cm³/mol. The number of nitrogens with two attached hydrogens (primary N) is 1. The van der Waals surface area contributed by atoms with Crippen molar-refractivity contribution >= 4 is 22.8 Å². The number of amides is 1. The number of ether oxygens (including phenoxy) is 1. The van der Waals surface area contributed by atoms with E-state index < -0.39 is 12.0 Å². The van der Waals surface area contributed by atoms with E-state index in [0.29, 0.717) is 19.4 Å². The lowest BCUT2D eigenvalue weighted by molar-refractivity contribution is -0.149. The van der Waals surface area contributed by atoms with Gasteiger partial charge in [-0.05, 0) is 36.6 Å². The molecule has 1 heterocycles.